The van der Waals surface area contributed by atoms with Crippen molar-refractivity contribution in [1.29, 1.82) is 0 Å². The zero-order valence-corrected chi connectivity index (χ0v) is 10.7. The van der Waals surface area contributed by atoms with Gasteiger partial charge in [0, 0.05) is 12.5 Å². The molecular formula is C15H20F2O. The summed E-state index contributed by atoms with van der Waals surface area (Å²) in [6, 6.07) is 3.56. The van der Waals surface area contributed by atoms with Crippen LogP contribution >= 0.6 is 0 Å². The second kappa shape index (κ2) is 5.79. The van der Waals surface area contributed by atoms with Gasteiger partial charge in [-0.25, -0.2) is 8.78 Å². The second-order valence-electron chi connectivity index (χ2n) is 5.54. The third kappa shape index (κ3) is 3.29. The lowest BCUT2D eigenvalue weighted by atomic mass is 9.78. The largest absolute Gasteiger partial charge is 0.392 e. The lowest BCUT2D eigenvalue weighted by molar-refractivity contribution is 0.0713. The molecule has 0 spiro atoms. The summed E-state index contributed by atoms with van der Waals surface area (Å²) in [5, 5.41) is 10.2. The van der Waals surface area contributed by atoms with Gasteiger partial charge in [-0.2, -0.15) is 0 Å². The highest BCUT2D eigenvalue weighted by atomic mass is 19.1. The topological polar surface area (TPSA) is 20.2 Å². The Morgan fingerprint density at radius 2 is 2.11 bits per heavy atom. The predicted octanol–water partition coefficient (Wildman–Crippen LogP) is 3.69. The molecule has 0 heterocycles. The monoisotopic (exact) mass is 254 g/mol. The first kappa shape index (κ1) is 13.5. The zero-order chi connectivity index (χ0) is 13.1. The summed E-state index contributed by atoms with van der Waals surface area (Å²) >= 11 is 0. The lowest BCUT2D eigenvalue weighted by Gasteiger charge is -2.30. The molecule has 1 aromatic carbocycles. The molecule has 0 amide bonds. The normalized spacial score (nSPS) is 26.0. The Bertz CT molecular complexity index is 405. The number of aliphatic hydroxyl groups excluding tert-OH is 1. The Hall–Kier alpha value is -0.960. The molecule has 18 heavy (non-hydrogen) atoms. The molecule has 1 fully saturated rings. The molecule has 2 rings (SSSR count). The predicted molar refractivity (Wildman–Crippen MR) is 67.2 cm³/mol. The van der Waals surface area contributed by atoms with Gasteiger partial charge in [0.05, 0.1) is 6.10 Å². The first-order chi connectivity index (χ1) is 8.56. The van der Waals surface area contributed by atoms with Crippen molar-refractivity contribution in [1.82, 2.24) is 0 Å². The van der Waals surface area contributed by atoms with Gasteiger partial charge in [0.15, 0.2) is 0 Å². The second-order valence-corrected chi connectivity index (χ2v) is 5.54. The van der Waals surface area contributed by atoms with Gasteiger partial charge in [-0.3, -0.25) is 0 Å². The van der Waals surface area contributed by atoms with E-state index in [1.807, 2.05) is 0 Å². The Labute approximate surface area is 107 Å². The van der Waals surface area contributed by atoms with Gasteiger partial charge in [0.25, 0.3) is 0 Å². The molecule has 0 bridgehead atoms. The fourth-order valence-corrected chi connectivity index (χ4v) is 2.91. The Kier molecular flexibility index (Phi) is 4.33. The number of benzene rings is 1. The van der Waals surface area contributed by atoms with Gasteiger partial charge in [-0.05, 0) is 36.3 Å². The molecule has 1 aliphatic carbocycles. The smallest absolute Gasteiger partial charge is 0.129 e. The molecule has 3 atom stereocenters. The molecule has 3 heteroatoms. The average Bonchev–Trinajstić information content (AvgIpc) is 2.32. The maximum atomic E-state index is 13.5. The summed E-state index contributed by atoms with van der Waals surface area (Å²) in [6.07, 6.45) is 4.12. The Balaban J connectivity index is 1.99. The summed E-state index contributed by atoms with van der Waals surface area (Å²) in [5.41, 5.74) is 0.405. The van der Waals surface area contributed by atoms with Crippen LogP contribution in [-0.2, 0) is 6.42 Å². The third-order valence-electron chi connectivity index (χ3n) is 3.97. The van der Waals surface area contributed by atoms with Crippen LogP contribution in [-0.4, -0.2) is 11.2 Å². The van der Waals surface area contributed by atoms with Gasteiger partial charge in [-0.1, -0.05) is 25.8 Å². The average molecular weight is 254 g/mol. The quantitative estimate of drug-likeness (QED) is 0.872. The standard InChI is InChI=1S/C15H20F2O/c1-10-3-2-4-12(7-10)15(18)8-11-5-6-13(16)9-14(11)17/h5-6,9-10,12,15,18H,2-4,7-8H2,1H3. The van der Waals surface area contributed by atoms with Crippen LogP contribution in [0.15, 0.2) is 18.2 Å². The summed E-state index contributed by atoms with van der Waals surface area (Å²) in [5.74, 6) is -0.246. The van der Waals surface area contributed by atoms with Crippen molar-refractivity contribution < 1.29 is 13.9 Å². The molecule has 1 nitrogen and oxygen atoms in total. The minimum absolute atomic E-state index is 0.248. The first-order valence-electron chi connectivity index (χ1n) is 6.68. The summed E-state index contributed by atoms with van der Waals surface area (Å²) in [4.78, 5) is 0. The lowest BCUT2D eigenvalue weighted by Crippen LogP contribution is -2.28. The maximum absolute atomic E-state index is 13.5. The van der Waals surface area contributed by atoms with Crippen molar-refractivity contribution in [3.8, 4) is 0 Å². The van der Waals surface area contributed by atoms with Crippen molar-refractivity contribution in [2.75, 3.05) is 0 Å². The van der Waals surface area contributed by atoms with Crippen LogP contribution < -0.4 is 0 Å². The van der Waals surface area contributed by atoms with Crippen LogP contribution in [0.5, 0.6) is 0 Å². The van der Waals surface area contributed by atoms with E-state index in [1.54, 1.807) is 0 Å². The van der Waals surface area contributed by atoms with E-state index in [1.165, 1.54) is 18.6 Å². The van der Waals surface area contributed by atoms with E-state index in [-0.39, 0.29) is 12.3 Å². The number of rotatable bonds is 3. The molecule has 1 aliphatic rings. The van der Waals surface area contributed by atoms with E-state index in [0.717, 1.165) is 25.3 Å². The van der Waals surface area contributed by atoms with Crippen molar-refractivity contribution >= 4 is 0 Å². The molecule has 1 saturated carbocycles. The van der Waals surface area contributed by atoms with Crippen molar-refractivity contribution in [3.63, 3.8) is 0 Å². The van der Waals surface area contributed by atoms with E-state index in [2.05, 4.69) is 6.92 Å². The van der Waals surface area contributed by atoms with Crippen LogP contribution in [0.4, 0.5) is 8.78 Å². The fourth-order valence-electron chi connectivity index (χ4n) is 2.91. The van der Waals surface area contributed by atoms with Crippen LogP contribution in [0.3, 0.4) is 0 Å². The van der Waals surface area contributed by atoms with Crippen molar-refractivity contribution in [3.05, 3.63) is 35.4 Å². The van der Waals surface area contributed by atoms with Gasteiger partial charge >= 0.3 is 0 Å². The number of hydrogen-bond acceptors (Lipinski definition) is 1. The highest BCUT2D eigenvalue weighted by Gasteiger charge is 2.26. The highest BCUT2D eigenvalue weighted by Crippen LogP contribution is 2.32. The molecule has 0 saturated heterocycles. The van der Waals surface area contributed by atoms with Crippen LogP contribution in [0, 0.1) is 23.5 Å². The van der Waals surface area contributed by atoms with Gasteiger partial charge in [0.1, 0.15) is 11.6 Å². The van der Waals surface area contributed by atoms with Crippen molar-refractivity contribution in [2.45, 2.75) is 45.1 Å². The van der Waals surface area contributed by atoms with Gasteiger partial charge < -0.3 is 5.11 Å². The molecular weight excluding hydrogens is 234 g/mol. The van der Waals surface area contributed by atoms with E-state index < -0.39 is 17.7 Å². The Morgan fingerprint density at radius 1 is 1.33 bits per heavy atom. The van der Waals surface area contributed by atoms with E-state index in [9.17, 15) is 13.9 Å². The summed E-state index contributed by atoms with van der Waals surface area (Å²) in [7, 11) is 0. The Morgan fingerprint density at radius 3 is 2.78 bits per heavy atom. The fraction of sp³-hybridized carbons (Fsp3) is 0.600. The van der Waals surface area contributed by atoms with Crippen LogP contribution in [0.1, 0.15) is 38.2 Å². The molecule has 3 unspecified atom stereocenters. The zero-order valence-electron chi connectivity index (χ0n) is 10.7. The molecule has 0 aromatic heterocycles. The van der Waals surface area contributed by atoms with Gasteiger partial charge in [-0.15, -0.1) is 0 Å². The van der Waals surface area contributed by atoms with E-state index in [4.69, 9.17) is 0 Å². The maximum Gasteiger partial charge on any atom is 0.129 e. The van der Waals surface area contributed by atoms with E-state index in [0.29, 0.717) is 11.5 Å². The van der Waals surface area contributed by atoms with Crippen molar-refractivity contribution in [2.24, 2.45) is 11.8 Å². The molecule has 1 aromatic rings. The summed E-state index contributed by atoms with van der Waals surface area (Å²) in [6.45, 7) is 2.19. The minimum atomic E-state index is -0.572. The van der Waals surface area contributed by atoms with E-state index >= 15 is 0 Å². The van der Waals surface area contributed by atoms with Crippen LogP contribution in [0.25, 0.3) is 0 Å². The number of aliphatic hydroxyl groups is 1. The number of halogens is 2. The molecule has 1 N–H and O–H groups in total. The highest BCUT2D eigenvalue weighted by molar-refractivity contribution is 5.19. The SMILES string of the molecule is CC1CCCC(C(O)Cc2ccc(F)cc2F)C1. The number of hydrogen-bond donors (Lipinski definition) is 1. The molecule has 100 valence electrons. The van der Waals surface area contributed by atoms with Gasteiger partial charge in [0.2, 0.25) is 0 Å². The first-order valence-corrected chi connectivity index (χ1v) is 6.68. The minimum Gasteiger partial charge on any atom is -0.392 e. The summed E-state index contributed by atoms with van der Waals surface area (Å²) < 4.78 is 26.3. The molecule has 0 aliphatic heterocycles. The molecule has 0 radical (unpaired) electrons. The third-order valence-corrected chi connectivity index (χ3v) is 3.97. The van der Waals surface area contributed by atoms with Crippen LogP contribution in [0.2, 0.25) is 0 Å².